The SMILES string of the molecule is O=c1[nH]c(C2CC2)nc2nc(-c3ccc(Cl)cc3Cl)c(-c3ccc(Cl)cc3)cc12. The van der Waals surface area contributed by atoms with E-state index in [1.54, 1.807) is 24.3 Å². The van der Waals surface area contributed by atoms with Gasteiger partial charge in [0.15, 0.2) is 5.65 Å². The second-order valence-electron chi connectivity index (χ2n) is 7.11. The van der Waals surface area contributed by atoms with Crippen molar-refractivity contribution in [3.63, 3.8) is 0 Å². The van der Waals surface area contributed by atoms with Crippen molar-refractivity contribution in [3.05, 3.63) is 79.8 Å². The molecular formula is C22H14Cl3N3O. The highest BCUT2D eigenvalue weighted by molar-refractivity contribution is 6.36. The highest BCUT2D eigenvalue weighted by atomic mass is 35.5. The van der Waals surface area contributed by atoms with Crippen LogP contribution < -0.4 is 5.56 Å². The third-order valence-corrected chi connectivity index (χ3v) is 5.82. The van der Waals surface area contributed by atoms with Crippen molar-refractivity contribution in [2.24, 2.45) is 0 Å². The number of aromatic nitrogens is 3. The minimum absolute atomic E-state index is 0.187. The zero-order valence-electron chi connectivity index (χ0n) is 15.0. The van der Waals surface area contributed by atoms with Gasteiger partial charge in [-0.3, -0.25) is 4.79 Å². The molecule has 1 aliphatic carbocycles. The Kier molecular flexibility index (Phi) is 4.58. The van der Waals surface area contributed by atoms with Gasteiger partial charge in [0.1, 0.15) is 5.82 Å². The second kappa shape index (κ2) is 7.13. The molecule has 0 unspecified atom stereocenters. The number of hydrogen-bond acceptors (Lipinski definition) is 3. The van der Waals surface area contributed by atoms with Crippen LogP contribution in [0.5, 0.6) is 0 Å². The molecule has 1 saturated carbocycles. The van der Waals surface area contributed by atoms with Crippen LogP contribution in [0.2, 0.25) is 15.1 Å². The molecule has 0 amide bonds. The number of fused-ring (bicyclic) bond motifs is 1. The number of benzene rings is 2. The maximum Gasteiger partial charge on any atom is 0.260 e. The van der Waals surface area contributed by atoms with Gasteiger partial charge >= 0.3 is 0 Å². The minimum Gasteiger partial charge on any atom is -0.310 e. The molecule has 144 valence electrons. The molecular weight excluding hydrogens is 429 g/mol. The van der Waals surface area contributed by atoms with Gasteiger partial charge in [0.05, 0.1) is 16.1 Å². The van der Waals surface area contributed by atoms with Crippen LogP contribution in [0, 0.1) is 0 Å². The molecule has 0 bridgehead atoms. The van der Waals surface area contributed by atoms with E-state index in [4.69, 9.17) is 39.8 Å². The summed E-state index contributed by atoms with van der Waals surface area (Å²) in [7, 11) is 0. The van der Waals surface area contributed by atoms with Gasteiger partial charge in [0.2, 0.25) is 0 Å². The third kappa shape index (κ3) is 3.52. The third-order valence-electron chi connectivity index (χ3n) is 5.02. The number of rotatable bonds is 3. The first-order valence-electron chi connectivity index (χ1n) is 9.16. The molecule has 0 radical (unpaired) electrons. The molecule has 0 spiro atoms. The number of hydrogen-bond donors (Lipinski definition) is 1. The van der Waals surface area contributed by atoms with Crippen molar-refractivity contribution in [2.75, 3.05) is 0 Å². The van der Waals surface area contributed by atoms with Crippen molar-refractivity contribution < 1.29 is 0 Å². The lowest BCUT2D eigenvalue weighted by molar-refractivity contribution is 0.925. The summed E-state index contributed by atoms with van der Waals surface area (Å²) in [4.78, 5) is 25.0. The Morgan fingerprint density at radius 3 is 2.28 bits per heavy atom. The Labute approximate surface area is 181 Å². The van der Waals surface area contributed by atoms with Crippen molar-refractivity contribution >= 4 is 45.8 Å². The largest absolute Gasteiger partial charge is 0.310 e. The van der Waals surface area contributed by atoms with Crippen LogP contribution in [0.1, 0.15) is 24.6 Å². The summed E-state index contributed by atoms with van der Waals surface area (Å²) in [5.41, 5.74) is 3.22. The molecule has 2 aromatic carbocycles. The fourth-order valence-corrected chi connectivity index (χ4v) is 3.99. The zero-order chi connectivity index (χ0) is 20.1. The highest BCUT2D eigenvalue weighted by Crippen LogP contribution is 2.39. The number of nitrogens with one attached hydrogen (secondary N) is 1. The molecule has 2 heterocycles. The number of aromatic amines is 1. The minimum atomic E-state index is -0.187. The summed E-state index contributed by atoms with van der Waals surface area (Å²) in [5.74, 6) is 1.01. The molecule has 5 rings (SSSR count). The van der Waals surface area contributed by atoms with Gasteiger partial charge in [0, 0.05) is 27.1 Å². The predicted molar refractivity (Wildman–Crippen MR) is 118 cm³/mol. The van der Waals surface area contributed by atoms with Gasteiger partial charge in [-0.05, 0) is 54.8 Å². The Balaban J connectivity index is 1.82. The Hall–Kier alpha value is -2.40. The van der Waals surface area contributed by atoms with E-state index in [0.717, 1.165) is 29.5 Å². The van der Waals surface area contributed by atoms with E-state index in [9.17, 15) is 4.79 Å². The Morgan fingerprint density at radius 1 is 0.862 bits per heavy atom. The van der Waals surface area contributed by atoms with E-state index in [1.807, 2.05) is 24.3 Å². The zero-order valence-corrected chi connectivity index (χ0v) is 17.3. The quantitative estimate of drug-likeness (QED) is 0.394. The molecule has 7 heteroatoms. The molecule has 1 fully saturated rings. The molecule has 0 atom stereocenters. The predicted octanol–water partition coefficient (Wildman–Crippen LogP) is 6.49. The highest BCUT2D eigenvalue weighted by Gasteiger charge is 2.27. The lowest BCUT2D eigenvalue weighted by Gasteiger charge is -2.13. The Bertz CT molecular complexity index is 1310. The standard InChI is InChI=1S/C22H14Cl3N3O/c23-13-5-3-11(4-6-13)16-10-17-21(27-20(12-1-2-12)28-22(17)29)26-19(16)15-8-7-14(24)9-18(15)25/h3-10,12H,1-2H2,(H,26,27,28,29). The summed E-state index contributed by atoms with van der Waals surface area (Å²) in [6.07, 6.45) is 2.07. The maximum absolute atomic E-state index is 12.7. The molecule has 0 saturated heterocycles. The van der Waals surface area contributed by atoms with Gasteiger partial charge in [-0.1, -0.05) is 46.9 Å². The van der Waals surface area contributed by atoms with E-state index in [0.29, 0.717) is 43.5 Å². The van der Waals surface area contributed by atoms with Gasteiger partial charge in [-0.2, -0.15) is 0 Å². The van der Waals surface area contributed by atoms with Crippen LogP contribution in [0.25, 0.3) is 33.4 Å². The van der Waals surface area contributed by atoms with Gasteiger partial charge in [0.25, 0.3) is 5.56 Å². The first kappa shape index (κ1) is 18.6. The maximum atomic E-state index is 12.7. The lowest BCUT2D eigenvalue weighted by atomic mass is 9.98. The average Bonchev–Trinajstić information content (AvgIpc) is 3.53. The second-order valence-corrected chi connectivity index (χ2v) is 8.39. The smallest absolute Gasteiger partial charge is 0.260 e. The van der Waals surface area contributed by atoms with E-state index in [1.165, 1.54) is 0 Å². The molecule has 4 aromatic rings. The number of H-pyrrole nitrogens is 1. The molecule has 2 aromatic heterocycles. The fraction of sp³-hybridized carbons (Fsp3) is 0.136. The van der Waals surface area contributed by atoms with Crippen LogP contribution in [0.3, 0.4) is 0 Å². The summed E-state index contributed by atoms with van der Waals surface area (Å²) < 4.78 is 0. The van der Waals surface area contributed by atoms with E-state index >= 15 is 0 Å². The monoisotopic (exact) mass is 441 g/mol. The number of nitrogens with zero attached hydrogens (tertiary/aromatic N) is 2. The first-order chi connectivity index (χ1) is 14.0. The summed E-state index contributed by atoms with van der Waals surface area (Å²) in [6.45, 7) is 0. The first-order valence-corrected chi connectivity index (χ1v) is 10.3. The topological polar surface area (TPSA) is 58.6 Å². The van der Waals surface area contributed by atoms with Crippen molar-refractivity contribution in [1.29, 1.82) is 0 Å². The molecule has 1 aliphatic rings. The van der Waals surface area contributed by atoms with Gasteiger partial charge in [-0.15, -0.1) is 0 Å². The van der Waals surface area contributed by atoms with E-state index in [-0.39, 0.29) is 5.56 Å². The average molecular weight is 443 g/mol. The molecule has 29 heavy (non-hydrogen) atoms. The van der Waals surface area contributed by atoms with Crippen molar-refractivity contribution in [3.8, 4) is 22.4 Å². The van der Waals surface area contributed by atoms with Crippen LogP contribution in [-0.4, -0.2) is 15.0 Å². The fourth-order valence-electron chi connectivity index (χ4n) is 3.37. The Morgan fingerprint density at radius 2 is 1.59 bits per heavy atom. The lowest BCUT2D eigenvalue weighted by Crippen LogP contribution is -2.13. The van der Waals surface area contributed by atoms with Crippen LogP contribution in [0.4, 0.5) is 0 Å². The van der Waals surface area contributed by atoms with Crippen LogP contribution in [-0.2, 0) is 0 Å². The normalized spacial score (nSPS) is 13.8. The molecule has 0 aliphatic heterocycles. The number of pyridine rings is 1. The summed E-state index contributed by atoms with van der Waals surface area (Å²) in [6, 6.07) is 14.5. The van der Waals surface area contributed by atoms with E-state index in [2.05, 4.69) is 9.97 Å². The van der Waals surface area contributed by atoms with Crippen LogP contribution in [0.15, 0.2) is 53.3 Å². The summed E-state index contributed by atoms with van der Waals surface area (Å²) >= 11 is 18.6. The van der Waals surface area contributed by atoms with Gasteiger partial charge < -0.3 is 4.98 Å². The van der Waals surface area contributed by atoms with Crippen molar-refractivity contribution in [1.82, 2.24) is 15.0 Å². The molecule has 4 nitrogen and oxygen atoms in total. The van der Waals surface area contributed by atoms with Gasteiger partial charge in [-0.25, -0.2) is 9.97 Å². The summed E-state index contributed by atoms with van der Waals surface area (Å²) in [5, 5.41) is 2.08. The molecule has 1 N–H and O–H groups in total. The number of halogens is 3. The van der Waals surface area contributed by atoms with E-state index < -0.39 is 0 Å². The van der Waals surface area contributed by atoms with Crippen molar-refractivity contribution in [2.45, 2.75) is 18.8 Å². The van der Waals surface area contributed by atoms with Crippen LogP contribution >= 0.6 is 34.8 Å².